The van der Waals surface area contributed by atoms with E-state index in [1.165, 1.54) is 17.6 Å². The molecule has 1 saturated heterocycles. The summed E-state index contributed by atoms with van der Waals surface area (Å²) in [4.78, 5) is 19.9. The highest BCUT2D eigenvalue weighted by atomic mass is 32.1. The van der Waals surface area contributed by atoms with E-state index in [9.17, 15) is 10.1 Å². The van der Waals surface area contributed by atoms with Crippen molar-refractivity contribution in [2.45, 2.75) is 69.6 Å². The Morgan fingerprint density at radius 1 is 1.25 bits per heavy atom. The molecule has 0 spiro atoms. The molecular weight excluding hydrogens is 528 g/mol. The lowest BCUT2D eigenvalue weighted by Crippen LogP contribution is -2.33. The van der Waals surface area contributed by atoms with Gasteiger partial charge in [-0.1, -0.05) is 31.0 Å². The summed E-state index contributed by atoms with van der Waals surface area (Å²) >= 11 is 1.43. The predicted molar refractivity (Wildman–Crippen MR) is 151 cm³/mol. The molecule has 0 bridgehead atoms. The second kappa shape index (κ2) is 11.2. The number of aryl methyl sites for hydroxylation is 1. The van der Waals surface area contributed by atoms with Crippen LogP contribution in [0.25, 0.3) is 21.0 Å². The molecule has 0 amide bonds. The van der Waals surface area contributed by atoms with Crippen LogP contribution in [0.1, 0.15) is 61.4 Å². The van der Waals surface area contributed by atoms with Crippen LogP contribution in [0.3, 0.4) is 0 Å². The van der Waals surface area contributed by atoms with Gasteiger partial charge >= 0.3 is 0 Å². The molecule has 4 heterocycles. The molecule has 2 fully saturated rings. The van der Waals surface area contributed by atoms with Crippen molar-refractivity contribution in [2.75, 3.05) is 20.3 Å². The summed E-state index contributed by atoms with van der Waals surface area (Å²) in [6, 6.07) is 10.3. The second-order valence-corrected chi connectivity index (χ2v) is 11.5. The Bertz CT molecular complexity index is 1590. The first kappa shape index (κ1) is 26.7. The zero-order chi connectivity index (χ0) is 27.7. The number of benzene rings is 1. The van der Waals surface area contributed by atoms with Crippen molar-refractivity contribution in [3.05, 3.63) is 63.8 Å². The molecule has 208 valence electrons. The van der Waals surface area contributed by atoms with E-state index in [4.69, 9.17) is 23.7 Å². The van der Waals surface area contributed by atoms with Crippen LogP contribution in [0, 0.1) is 18.3 Å². The Hall–Kier alpha value is -3.52. The van der Waals surface area contributed by atoms with Gasteiger partial charge in [-0.15, -0.1) is 11.3 Å². The number of thiophene rings is 1. The molecule has 0 radical (unpaired) electrons. The van der Waals surface area contributed by atoms with Crippen LogP contribution in [0.2, 0.25) is 0 Å². The number of ether oxygens (including phenoxy) is 3. The lowest BCUT2D eigenvalue weighted by Gasteiger charge is -2.29. The average Bonchev–Trinajstić information content (AvgIpc) is 3.76. The monoisotopic (exact) mass is 560 g/mol. The van der Waals surface area contributed by atoms with Gasteiger partial charge in [-0.3, -0.25) is 9.48 Å². The minimum absolute atomic E-state index is 0.0197. The highest BCUT2D eigenvalue weighted by Gasteiger charge is 2.41. The van der Waals surface area contributed by atoms with Crippen LogP contribution in [-0.4, -0.2) is 41.2 Å². The van der Waals surface area contributed by atoms with E-state index in [-0.39, 0.29) is 11.5 Å². The van der Waals surface area contributed by atoms with Crippen LogP contribution in [0.4, 0.5) is 0 Å². The van der Waals surface area contributed by atoms with Crippen molar-refractivity contribution in [1.82, 2.24) is 14.8 Å². The number of hydrogen-bond donors (Lipinski definition) is 0. The fraction of sp³-hybridized carbons (Fsp3) is 0.467. The highest BCUT2D eigenvalue weighted by molar-refractivity contribution is 7.22. The molecule has 40 heavy (non-hydrogen) atoms. The van der Waals surface area contributed by atoms with Gasteiger partial charge in [0.15, 0.2) is 0 Å². The summed E-state index contributed by atoms with van der Waals surface area (Å²) in [5.74, 6) is 1.19. The number of para-hydroxylation sites is 1. The Morgan fingerprint density at radius 3 is 2.73 bits per heavy atom. The number of hydrogen-bond acceptors (Lipinski definition) is 9. The second-order valence-electron chi connectivity index (χ2n) is 10.5. The molecule has 1 aliphatic carbocycles. The standard InChI is InChI=1S/C30H32N4O5S/c1-19-24-25(35)27(30(18-31)11-5-6-12-30)33-34(29(24)40-26(19)28-32-13-16-38-28)17-23(39-20-9-14-37-15-10-20)21-7-3-4-8-22(21)36-2/h3-4,7-8,13,16,20,23H,5-6,9-12,14-15,17H2,1-2H3. The van der Waals surface area contributed by atoms with E-state index in [0.717, 1.165) is 47.4 Å². The van der Waals surface area contributed by atoms with E-state index < -0.39 is 11.5 Å². The third kappa shape index (κ3) is 4.72. The van der Waals surface area contributed by atoms with Crippen LogP contribution >= 0.6 is 11.3 Å². The van der Waals surface area contributed by atoms with Gasteiger partial charge in [0.25, 0.3) is 0 Å². The first-order valence-corrected chi connectivity index (χ1v) is 14.6. The largest absolute Gasteiger partial charge is 0.496 e. The van der Waals surface area contributed by atoms with Crippen LogP contribution < -0.4 is 10.2 Å². The molecule has 6 rings (SSSR count). The van der Waals surface area contributed by atoms with E-state index in [1.807, 2.05) is 35.9 Å². The minimum Gasteiger partial charge on any atom is -0.496 e. The number of methoxy groups -OCH3 is 1. The fourth-order valence-electron chi connectivity index (χ4n) is 5.98. The molecule has 1 unspecified atom stereocenters. The molecule has 0 N–H and O–H groups in total. The quantitative estimate of drug-likeness (QED) is 0.270. The zero-order valence-corrected chi connectivity index (χ0v) is 23.5. The van der Waals surface area contributed by atoms with Gasteiger partial charge in [-0.2, -0.15) is 10.4 Å². The number of aromatic nitrogens is 3. The number of fused-ring (bicyclic) bond motifs is 1. The summed E-state index contributed by atoms with van der Waals surface area (Å²) in [5.41, 5.74) is 0.940. The van der Waals surface area contributed by atoms with Gasteiger partial charge < -0.3 is 18.6 Å². The van der Waals surface area contributed by atoms with Crippen LogP contribution in [0.15, 0.2) is 45.9 Å². The molecule has 1 aliphatic heterocycles. The minimum atomic E-state index is -0.897. The predicted octanol–water partition coefficient (Wildman–Crippen LogP) is 5.70. The molecule has 10 heteroatoms. The van der Waals surface area contributed by atoms with Crippen molar-refractivity contribution >= 4 is 21.6 Å². The fourth-order valence-corrected chi connectivity index (χ4v) is 7.19. The molecule has 4 aromatic rings. The van der Waals surface area contributed by atoms with E-state index in [2.05, 4.69) is 11.1 Å². The van der Waals surface area contributed by atoms with Crippen molar-refractivity contribution in [3.8, 4) is 22.6 Å². The maximum Gasteiger partial charge on any atom is 0.236 e. The first-order chi connectivity index (χ1) is 19.5. The third-order valence-corrected chi connectivity index (χ3v) is 9.42. The first-order valence-electron chi connectivity index (χ1n) is 13.8. The molecule has 2 aliphatic rings. The van der Waals surface area contributed by atoms with Crippen molar-refractivity contribution < 1.29 is 18.6 Å². The Kier molecular flexibility index (Phi) is 7.45. The smallest absolute Gasteiger partial charge is 0.236 e. The Labute approximate surface area is 236 Å². The van der Waals surface area contributed by atoms with Gasteiger partial charge in [0, 0.05) is 18.8 Å². The molecule has 3 aromatic heterocycles. The van der Waals surface area contributed by atoms with E-state index in [0.29, 0.717) is 54.4 Å². The summed E-state index contributed by atoms with van der Waals surface area (Å²) in [6.07, 6.45) is 7.38. The van der Waals surface area contributed by atoms with Gasteiger partial charge in [0.2, 0.25) is 11.3 Å². The maximum atomic E-state index is 14.1. The van der Waals surface area contributed by atoms with Crippen molar-refractivity contribution in [3.63, 3.8) is 0 Å². The molecule has 1 atom stereocenters. The van der Waals surface area contributed by atoms with E-state index >= 15 is 0 Å². The summed E-state index contributed by atoms with van der Waals surface area (Å²) in [5, 5.41) is 15.8. The molecule has 9 nitrogen and oxygen atoms in total. The van der Waals surface area contributed by atoms with E-state index in [1.54, 1.807) is 13.3 Å². The van der Waals surface area contributed by atoms with Gasteiger partial charge in [-0.05, 0) is 44.2 Å². The number of nitriles is 1. The van der Waals surface area contributed by atoms with Gasteiger partial charge in [0.05, 0.1) is 42.3 Å². The van der Waals surface area contributed by atoms with Crippen molar-refractivity contribution in [2.24, 2.45) is 0 Å². The normalized spacial score (nSPS) is 18.1. The highest BCUT2D eigenvalue weighted by Crippen LogP contribution is 2.42. The summed E-state index contributed by atoms with van der Waals surface area (Å²) < 4.78 is 25.5. The topological polar surface area (TPSA) is 112 Å². The van der Waals surface area contributed by atoms with Crippen molar-refractivity contribution in [1.29, 1.82) is 5.26 Å². The third-order valence-electron chi connectivity index (χ3n) is 8.13. The SMILES string of the molecule is COc1ccccc1C(Cn1nc(C2(C#N)CCCC2)c(=O)c2c(C)c(-c3ncco3)sc21)OC1CCOCC1. The average molecular weight is 561 g/mol. The lowest BCUT2D eigenvalue weighted by molar-refractivity contribution is -0.0759. The maximum absolute atomic E-state index is 14.1. The Balaban J connectivity index is 1.53. The Morgan fingerprint density at radius 2 is 2.02 bits per heavy atom. The lowest BCUT2D eigenvalue weighted by atomic mass is 9.83. The zero-order valence-electron chi connectivity index (χ0n) is 22.7. The molecule has 1 aromatic carbocycles. The number of rotatable bonds is 8. The molecular formula is C30H32N4O5S. The van der Waals surface area contributed by atoms with Crippen LogP contribution in [-0.2, 0) is 21.4 Å². The number of oxazole rings is 1. The molecule has 1 saturated carbocycles. The summed E-state index contributed by atoms with van der Waals surface area (Å²) in [6.45, 7) is 3.57. The van der Waals surface area contributed by atoms with Gasteiger partial charge in [-0.25, -0.2) is 4.98 Å². The summed E-state index contributed by atoms with van der Waals surface area (Å²) in [7, 11) is 1.65. The van der Waals surface area contributed by atoms with Crippen LogP contribution in [0.5, 0.6) is 5.75 Å². The number of nitrogens with zero attached hydrogens (tertiary/aromatic N) is 4. The van der Waals surface area contributed by atoms with Gasteiger partial charge in [0.1, 0.15) is 34.1 Å².